The molecule has 1 saturated carbocycles. The smallest absolute Gasteiger partial charge is 0.308 e. The van der Waals surface area contributed by atoms with Gasteiger partial charge in [-0.25, -0.2) is 9.97 Å². The fraction of sp³-hybridized carbons (Fsp3) is 0.300. The average Bonchev–Trinajstić information content (AvgIpc) is 3.61. The highest BCUT2D eigenvalue weighted by Gasteiger charge is 2.23. The zero-order valence-electron chi connectivity index (χ0n) is 22.8. The summed E-state index contributed by atoms with van der Waals surface area (Å²) in [7, 11) is 1.68. The third-order valence-corrected chi connectivity index (χ3v) is 7.04. The van der Waals surface area contributed by atoms with Crippen LogP contribution in [0, 0.1) is 0 Å². The first kappa shape index (κ1) is 28.1. The largest absolute Gasteiger partial charge is 0.451 e. The topological polar surface area (TPSA) is 127 Å². The van der Waals surface area contributed by atoms with Gasteiger partial charge in [-0.3, -0.25) is 14.4 Å². The highest BCUT2D eigenvalue weighted by molar-refractivity contribution is 6.31. The Hall–Kier alpha value is -4.44. The molecule has 41 heavy (non-hydrogen) atoms. The number of likely N-dealkylation sites (N-methyl/N-ethyl adjacent to an activating group) is 1. The number of para-hydroxylation sites is 1. The predicted octanol–water partition coefficient (Wildman–Crippen LogP) is 5.14. The SMILES string of the molecule is CC(=O)Oc1c(Cl)nc(Cc2ccc(NC(=O)c3cc4ccccc4o3)cc2)nc1N(C)CC(=O)NC1CCCC1. The molecule has 0 unspecified atom stereocenters. The second kappa shape index (κ2) is 12.4. The van der Waals surface area contributed by atoms with Crippen molar-refractivity contribution in [1.29, 1.82) is 0 Å². The van der Waals surface area contributed by atoms with Gasteiger partial charge in [-0.1, -0.05) is 54.8 Å². The number of hydrogen-bond donors (Lipinski definition) is 2. The second-order valence-corrected chi connectivity index (χ2v) is 10.4. The Morgan fingerprint density at radius 3 is 2.51 bits per heavy atom. The molecule has 0 atom stereocenters. The number of aromatic nitrogens is 2. The van der Waals surface area contributed by atoms with Gasteiger partial charge >= 0.3 is 5.97 Å². The number of furan rings is 1. The molecule has 2 aromatic carbocycles. The Morgan fingerprint density at radius 2 is 1.80 bits per heavy atom. The molecular formula is C30H30ClN5O5. The van der Waals surface area contributed by atoms with Crippen molar-refractivity contribution in [1.82, 2.24) is 15.3 Å². The molecule has 10 nitrogen and oxygen atoms in total. The summed E-state index contributed by atoms with van der Waals surface area (Å²) >= 11 is 6.42. The van der Waals surface area contributed by atoms with Gasteiger partial charge in [0.25, 0.3) is 5.91 Å². The molecule has 0 aliphatic heterocycles. The number of hydrogen-bond acceptors (Lipinski definition) is 8. The van der Waals surface area contributed by atoms with Crippen molar-refractivity contribution >= 4 is 51.9 Å². The maximum Gasteiger partial charge on any atom is 0.308 e. The van der Waals surface area contributed by atoms with E-state index in [4.69, 9.17) is 20.8 Å². The standard InChI is InChI=1S/C30H30ClN5O5/c1-18(37)40-27-28(31)34-25(35-29(27)36(2)17-26(38)32-21-8-4-5-9-21)15-19-11-13-22(14-12-19)33-30(39)24-16-20-7-3-6-10-23(20)41-24/h3,6-7,10-14,16,21H,4-5,8-9,15,17H2,1-2H3,(H,32,38)(H,33,39). The zero-order valence-corrected chi connectivity index (χ0v) is 23.5. The van der Waals surface area contributed by atoms with Gasteiger partial charge in [-0.15, -0.1) is 0 Å². The Bertz CT molecular complexity index is 1550. The summed E-state index contributed by atoms with van der Waals surface area (Å²) in [5.41, 5.74) is 2.10. The van der Waals surface area contributed by atoms with Crippen molar-refractivity contribution in [2.24, 2.45) is 0 Å². The lowest BCUT2D eigenvalue weighted by Crippen LogP contribution is -2.40. The molecule has 0 saturated heterocycles. The molecule has 11 heteroatoms. The number of nitrogens with one attached hydrogen (secondary N) is 2. The van der Waals surface area contributed by atoms with E-state index in [1.165, 1.54) is 6.92 Å². The monoisotopic (exact) mass is 575 g/mol. The van der Waals surface area contributed by atoms with Crippen molar-refractivity contribution in [2.75, 3.05) is 23.8 Å². The fourth-order valence-corrected chi connectivity index (χ4v) is 5.05. The van der Waals surface area contributed by atoms with Crippen LogP contribution in [0.4, 0.5) is 11.5 Å². The molecule has 1 fully saturated rings. The van der Waals surface area contributed by atoms with Crippen LogP contribution in [0.15, 0.2) is 59.0 Å². The average molecular weight is 576 g/mol. The van der Waals surface area contributed by atoms with E-state index in [2.05, 4.69) is 20.6 Å². The van der Waals surface area contributed by atoms with E-state index in [1.807, 2.05) is 36.4 Å². The van der Waals surface area contributed by atoms with E-state index < -0.39 is 5.97 Å². The van der Waals surface area contributed by atoms with Crippen molar-refractivity contribution in [3.05, 3.63) is 76.9 Å². The lowest BCUT2D eigenvalue weighted by molar-refractivity contribution is -0.131. The van der Waals surface area contributed by atoms with Crippen LogP contribution >= 0.6 is 11.6 Å². The number of fused-ring (bicyclic) bond motifs is 1. The summed E-state index contributed by atoms with van der Waals surface area (Å²) < 4.78 is 10.9. The Kier molecular flexibility index (Phi) is 8.49. The van der Waals surface area contributed by atoms with Gasteiger partial charge in [0, 0.05) is 37.5 Å². The number of amides is 2. The number of esters is 1. The van der Waals surface area contributed by atoms with Crippen molar-refractivity contribution < 1.29 is 23.5 Å². The van der Waals surface area contributed by atoms with E-state index in [-0.39, 0.29) is 46.9 Å². The van der Waals surface area contributed by atoms with Crippen LogP contribution in [0.1, 0.15) is 54.5 Å². The van der Waals surface area contributed by atoms with Gasteiger partial charge in [-0.2, -0.15) is 0 Å². The molecule has 5 rings (SSSR count). The lowest BCUT2D eigenvalue weighted by Gasteiger charge is -2.22. The van der Waals surface area contributed by atoms with Crippen LogP contribution < -0.4 is 20.3 Å². The predicted molar refractivity (Wildman–Crippen MR) is 155 cm³/mol. The lowest BCUT2D eigenvalue weighted by atomic mass is 10.1. The maximum atomic E-state index is 12.7. The van der Waals surface area contributed by atoms with Gasteiger partial charge in [-0.05, 0) is 42.7 Å². The van der Waals surface area contributed by atoms with Crippen LogP contribution in [0.25, 0.3) is 11.0 Å². The second-order valence-electron chi connectivity index (χ2n) is 10.1. The molecule has 0 spiro atoms. The zero-order chi connectivity index (χ0) is 28.9. The van der Waals surface area contributed by atoms with Gasteiger partial charge in [0.1, 0.15) is 11.4 Å². The van der Waals surface area contributed by atoms with Gasteiger partial charge in [0.15, 0.2) is 16.7 Å². The van der Waals surface area contributed by atoms with E-state index >= 15 is 0 Å². The molecular weight excluding hydrogens is 546 g/mol. The molecule has 1 aliphatic rings. The molecule has 2 amide bonds. The number of anilines is 2. The number of carbonyl (C=O) groups excluding carboxylic acids is 3. The van der Waals surface area contributed by atoms with Gasteiger partial charge in [0.2, 0.25) is 11.7 Å². The Balaban J connectivity index is 1.28. The summed E-state index contributed by atoms with van der Waals surface area (Å²) in [4.78, 5) is 47.6. The summed E-state index contributed by atoms with van der Waals surface area (Å²) in [6, 6.07) is 16.5. The first-order valence-corrected chi connectivity index (χ1v) is 13.8. The number of rotatable bonds is 9. The van der Waals surface area contributed by atoms with Crippen LogP contribution in [0.3, 0.4) is 0 Å². The summed E-state index contributed by atoms with van der Waals surface area (Å²) in [5.74, 6) is -0.231. The first-order chi connectivity index (χ1) is 19.7. The summed E-state index contributed by atoms with van der Waals surface area (Å²) in [5, 5.41) is 6.70. The quantitative estimate of drug-likeness (QED) is 0.207. The van der Waals surface area contributed by atoms with E-state index in [0.717, 1.165) is 36.6 Å². The molecule has 1 aliphatic carbocycles. The van der Waals surface area contributed by atoms with E-state index in [0.29, 0.717) is 23.5 Å². The third kappa shape index (κ3) is 7.01. The van der Waals surface area contributed by atoms with Crippen molar-refractivity contribution in [3.8, 4) is 5.75 Å². The number of nitrogens with zero attached hydrogens (tertiary/aromatic N) is 3. The minimum Gasteiger partial charge on any atom is -0.451 e. The third-order valence-electron chi connectivity index (χ3n) is 6.78. The Labute approximate surface area is 242 Å². The van der Waals surface area contributed by atoms with Gasteiger partial charge < -0.3 is 24.7 Å². The highest BCUT2D eigenvalue weighted by atomic mass is 35.5. The Morgan fingerprint density at radius 1 is 1.07 bits per heavy atom. The molecule has 4 aromatic rings. The minimum atomic E-state index is -0.575. The van der Waals surface area contributed by atoms with Crippen molar-refractivity contribution in [3.63, 3.8) is 0 Å². The van der Waals surface area contributed by atoms with Crippen LogP contribution in [-0.2, 0) is 16.0 Å². The highest BCUT2D eigenvalue weighted by Crippen LogP contribution is 2.33. The number of halogens is 1. The molecule has 2 N–H and O–H groups in total. The summed E-state index contributed by atoms with van der Waals surface area (Å²) in [6.07, 6.45) is 4.47. The molecule has 0 radical (unpaired) electrons. The van der Waals surface area contributed by atoms with Crippen LogP contribution in [0.2, 0.25) is 5.15 Å². The minimum absolute atomic E-state index is 0.00253. The number of benzene rings is 2. The van der Waals surface area contributed by atoms with E-state index in [9.17, 15) is 14.4 Å². The summed E-state index contributed by atoms with van der Waals surface area (Å²) in [6.45, 7) is 1.27. The van der Waals surface area contributed by atoms with E-state index in [1.54, 1.807) is 30.1 Å². The first-order valence-electron chi connectivity index (χ1n) is 13.4. The molecule has 2 heterocycles. The molecule has 0 bridgehead atoms. The van der Waals surface area contributed by atoms with Crippen LogP contribution in [-0.4, -0.2) is 47.4 Å². The van der Waals surface area contributed by atoms with Crippen molar-refractivity contribution in [2.45, 2.75) is 45.1 Å². The fourth-order valence-electron chi connectivity index (χ4n) is 4.83. The number of ether oxygens (including phenoxy) is 1. The number of carbonyl (C=O) groups is 3. The van der Waals surface area contributed by atoms with Gasteiger partial charge in [0.05, 0.1) is 6.54 Å². The normalized spacial score (nSPS) is 13.2. The van der Waals surface area contributed by atoms with Crippen LogP contribution in [0.5, 0.6) is 5.75 Å². The maximum absolute atomic E-state index is 12.7. The molecule has 212 valence electrons. The molecule has 2 aromatic heterocycles.